The van der Waals surface area contributed by atoms with Crippen molar-refractivity contribution in [3.8, 4) is 5.75 Å². The van der Waals surface area contributed by atoms with Crippen molar-refractivity contribution in [3.63, 3.8) is 0 Å². The zero-order chi connectivity index (χ0) is 13.7. The Labute approximate surface area is 116 Å². The summed E-state index contributed by atoms with van der Waals surface area (Å²) < 4.78 is 5.65. The van der Waals surface area contributed by atoms with E-state index in [-0.39, 0.29) is 11.5 Å². The fraction of sp³-hybridized carbons (Fsp3) is 0.688. The Bertz CT molecular complexity index is 399. The second-order valence-electron chi connectivity index (χ2n) is 5.99. The highest BCUT2D eigenvalue weighted by Crippen LogP contribution is 2.44. The molecule has 2 rings (SSSR count). The van der Waals surface area contributed by atoms with Crippen LogP contribution in [0.15, 0.2) is 18.5 Å². The van der Waals surface area contributed by atoms with Crippen molar-refractivity contribution in [1.29, 1.82) is 0 Å². The summed E-state index contributed by atoms with van der Waals surface area (Å²) in [6, 6.07) is 2.12. The van der Waals surface area contributed by atoms with Crippen LogP contribution < -0.4 is 10.5 Å². The number of pyridine rings is 1. The van der Waals surface area contributed by atoms with Gasteiger partial charge in [-0.2, -0.15) is 0 Å². The Balaban J connectivity index is 2.11. The highest BCUT2D eigenvalue weighted by Gasteiger charge is 2.34. The van der Waals surface area contributed by atoms with E-state index >= 15 is 0 Å². The topological polar surface area (TPSA) is 48.1 Å². The third-order valence-electron chi connectivity index (χ3n) is 4.31. The fourth-order valence-corrected chi connectivity index (χ4v) is 2.98. The van der Waals surface area contributed by atoms with Crippen molar-refractivity contribution in [2.24, 2.45) is 11.1 Å². The van der Waals surface area contributed by atoms with E-state index in [1.54, 1.807) is 6.20 Å². The van der Waals surface area contributed by atoms with Gasteiger partial charge in [0.05, 0.1) is 12.8 Å². The monoisotopic (exact) mass is 262 g/mol. The highest BCUT2D eigenvalue weighted by atomic mass is 16.5. The van der Waals surface area contributed by atoms with Crippen LogP contribution in [0.25, 0.3) is 0 Å². The number of hydrogen-bond donors (Lipinski definition) is 1. The smallest absolute Gasteiger partial charge is 0.137 e. The Hall–Kier alpha value is -1.09. The van der Waals surface area contributed by atoms with Gasteiger partial charge in [-0.25, -0.2) is 0 Å². The third-order valence-corrected chi connectivity index (χ3v) is 4.31. The van der Waals surface area contributed by atoms with Crippen molar-refractivity contribution in [2.45, 2.75) is 58.4 Å². The predicted octanol–water partition coefficient (Wildman–Crippen LogP) is 3.84. The molecule has 0 amide bonds. The maximum Gasteiger partial charge on any atom is 0.137 e. The van der Waals surface area contributed by atoms with E-state index in [1.165, 1.54) is 32.1 Å². The zero-order valence-electron chi connectivity index (χ0n) is 12.2. The first kappa shape index (κ1) is 14.3. The van der Waals surface area contributed by atoms with E-state index in [0.717, 1.165) is 24.3 Å². The molecule has 0 spiro atoms. The maximum absolute atomic E-state index is 6.51. The molecule has 1 aromatic heterocycles. The molecule has 2 N–H and O–H groups in total. The molecule has 0 aromatic carbocycles. The number of nitrogens with zero attached hydrogens (tertiary/aromatic N) is 1. The van der Waals surface area contributed by atoms with Crippen LogP contribution in [-0.2, 0) is 0 Å². The summed E-state index contributed by atoms with van der Waals surface area (Å²) in [5.41, 5.74) is 7.83. The molecular formula is C16H26N2O. The molecule has 0 saturated heterocycles. The highest BCUT2D eigenvalue weighted by molar-refractivity contribution is 5.27. The summed E-state index contributed by atoms with van der Waals surface area (Å²) in [6.45, 7) is 5.15. The second kappa shape index (κ2) is 6.38. The number of hydrogen-bond acceptors (Lipinski definition) is 3. The molecule has 0 aliphatic heterocycles. The van der Waals surface area contributed by atoms with Gasteiger partial charge >= 0.3 is 0 Å². The molecule has 19 heavy (non-hydrogen) atoms. The maximum atomic E-state index is 6.51. The van der Waals surface area contributed by atoms with E-state index in [1.807, 2.05) is 6.20 Å². The molecule has 106 valence electrons. The number of nitrogens with two attached hydrogens (primary N) is 1. The summed E-state index contributed by atoms with van der Waals surface area (Å²) >= 11 is 0. The molecular weight excluding hydrogens is 236 g/mol. The van der Waals surface area contributed by atoms with Crippen LogP contribution in [0.3, 0.4) is 0 Å². The van der Waals surface area contributed by atoms with E-state index in [0.29, 0.717) is 0 Å². The molecule has 1 saturated carbocycles. The van der Waals surface area contributed by atoms with Gasteiger partial charge in [0.2, 0.25) is 0 Å². The van der Waals surface area contributed by atoms with E-state index in [2.05, 4.69) is 24.9 Å². The average Bonchev–Trinajstić information content (AvgIpc) is 2.45. The van der Waals surface area contributed by atoms with Gasteiger partial charge in [0, 0.05) is 12.2 Å². The van der Waals surface area contributed by atoms with E-state index in [4.69, 9.17) is 10.5 Å². The molecule has 3 heteroatoms. The van der Waals surface area contributed by atoms with Crippen molar-refractivity contribution in [3.05, 3.63) is 24.0 Å². The summed E-state index contributed by atoms with van der Waals surface area (Å²) in [5.74, 6) is 0.842. The van der Waals surface area contributed by atoms with Crippen molar-refractivity contribution in [2.75, 3.05) is 6.61 Å². The van der Waals surface area contributed by atoms with Gasteiger partial charge in [0.1, 0.15) is 5.75 Å². The van der Waals surface area contributed by atoms with E-state index in [9.17, 15) is 0 Å². The summed E-state index contributed by atoms with van der Waals surface area (Å²) in [6.07, 6.45) is 11.0. The van der Waals surface area contributed by atoms with Crippen LogP contribution in [0.2, 0.25) is 0 Å². The fourth-order valence-electron chi connectivity index (χ4n) is 2.98. The third kappa shape index (κ3) is 3.47. The van der Waals surface area contributed by atoms with Gasteiger partial charge in [-0.05, 0) is 36.3 Å². The molecule has 1 atom stereocenters. The predicted molar refractivity (Wildman–Crippen MR) is 78.1 cm³/mol. The van der Waals surface area contributed by atoms with Crippen LogP contribution in [0.1, 0.15) is 64.0 Å². The van der Waals surface area contributed by atoms with Crippen LogP contribution in [0.5, 0.6) is 5.75 Å². The van der Waals surface area contributed by atoms with Gasteiger partial charge in [-0.1, -0.05) is 33.1 Å². The molecule has 0 bridgehead atoms. The molecule has 1 fully saturated rings. The van der Waals surface area contributed by atoms with Gasteiger partial charge < -0.3 is 10.5 Å². The van der Waals surface area contributed by atoms with Crippen LogP contribution in [0.4, 0.5) is 0 Å². The lowest BCUT2D eigenvalue weighted by Crippen LogP contribution is -2.33. The lowest BCUT2D eigenvalue weighted by atomic mass is 9.69. The first-order valence-corrected chi connectivity index (χ1v) is 7.49. The van der Waals surface area contributed by atoms with Crippen molar-refractivity contribution in [1.82, 2.24) is 4.98 Å². The molecule has 1 unspecified atom stereocenters. The summed E-state index contributed by atoms with van der Waals surface area (Å²) in [5, 5.41) is 0. The Morgan fingerprint density at radius 2 is 2.05 bits per heavy atom. The van der Waals surface area contributed by atoms with Gasteiger partial charge in [-0.3, -0.25) is 4.98 Å². The Morgan fingerprint density at radius 3 is 2.74 bits per heavy atom. The SMILES string of the molecule is CCCOc1cncc(C(N)C2(C)CCCCC2)c1. The number of rotatable bonds is 5. The molecule has 1 aliphatic carbocycles. The van der Waals surface area contributed by atoms with Crippen molar-refractivity contribution < 1.29 is 4.74 Å². The number of aromatic nitrogens is 1. The van der Waals surface area contributed by atoms with Crippen molar-refractivity contribution >= 4 is 0 Å². The molecule has 1 aromatic rings. The Kier molecular flexibility index (Phi) is 4.81. The normalized spacial score (nSPS) is 19.9. The van der Waals surface area contributed by atoms with Gasteiger partial charge in [0.15, 0.2) is 0 Å². The van der Waals surface area contributed by atoms with Crippen LogP contribution >= 0.6 is 0 Å². The molecule has 3 nitrogen and oxygen atoms in total. The minimum Gasteiger partial charge on any atom is -0.492 e. The van der Waals surface area contributed by atoms with Gasteiger partial charge in [-0.15, -0.1) is 0 Å². The first-order valence-electron chi connectivity index (χ1n) is 7.49. The molecule has 1 aliphatic rings. The van der Waals surface area contributed by atoms with Gasteiger partial charge in [0.25, 0.3) is 0 Å². The lowest BCUT2D eigenvalue weighted by molar-refractivity contribution is 0.170. The minimum absolute atomic E-state index is 0.0606. The largest absolute Gasteiger partial charge is 0.492 e. The zero-order valence-corrected chi connectivity index (χ0v) is 12.2. The van der Waals surface area contributed by atoms with Crippen LogP contribution in [0, 0.1) is 5.41 Å². The lowest BCUT2D eigenvalue weighted by Gasteiger charge is -2.39. The summed E-state index contributed by atoms with van der Waals surface area (Å²) in [7, 11) is 0. The first-order chi connectivity index (χ1) is 9.15. The van der Waals surface area contributed by atoms with Crippen LogP contribution in [-0.4, -0.2) is 11.6 Å². The second-order valence-corrected chi connectivity index (χ2v) is 5.99. The standard InChI is InChI=1S/C16H26N2O/c1-3-9-19-14-10-13(11-18-12-14)15(17)16(2)7-5-4-6-8-16/h10-12,15H,3-9,17H2,1-2H3. The number of ether oxygens (including phenoxy) is 1. The molecule has 0 radical (unpaired) electrons. The quantitative estimate of drug-likeness (QED) is 0.877. The van der Waals surface area contributed by atoms with E-state index < -0.39 is 0 Å². The minimum atomic E-state index is 0.0606. The Morgan fingerprint density at radius 1 is 1.32 bits per heavy atom. The molecule has 1 heterocycles. The summed E-state index contributed by atoms with van der Waals surface area (Å²) in [4.78, 5) is 4.28. The average molecular weight is 262 g/mol.